The average molecular weight is 458 g/mol. The monoisotopic (exact) mass is 458 g/mol. The molecule has 1 aliphatic rings. The molecule has 2 heterocycles. The lowest BCUT2D eigenvalue weighted by Gasteiger charge is -2.38. The van der Waals surface area contributed by atoms with E-state index in [1.807, 2.05) is 35.2 Å². The first-order chi connectivity index (χ1) is 15.8. The lowest BCUT2D eigenvalue weighted by Crippen LogP contribution is -2.48. The lowest BCUT2D eigenvalue weighted by atomic mass is 10.1. The quantitative estimate of drug-likeness (QED) is 0.607. The third kappa shape index (κ3) is 4.94. The van der Waals surface area contributed by atoms with Gasteiger partial charge in [-0.2, -0.15) is 13.2 Å². The van der Waals surface area contributed by atoms with Crippen LogP contribution in [0.5, 0.6) is 0 Å². The van der Waals surface area contributed by atoms with E-state index in [-0.39, 0.29) is 25.5 Å². The molecule has 0 saturated heterocycles. The molecule has 0 radical (unpaired) electrons. The first kappa shape index (κ1) is 23.0. The van der Waals surface area contributed by atoms with Crippen LogP contribution in [0, 0.1) is 6.92 Å². The van der Waals surface area contributed by atoms with Crippen LogP contribution in [0.4, 0.5) is 24.8 Å². The van der Waals surface area contributed by atoms with Crippen molar-refractivity contribution in [1.29, 1.82) is 0 Å². The predicted molar refractivity (Wildman–Crippen MR) is 119 cm³/mol. The number of fused-ring (bicyclic) bond motifs is 1. The van der Waals surface area contributed by atoms with Gasteiger partial charge in [-0.15, -0.1) is 0 Å². The Balaban J connectivity index is 1.80. The summed E-state index contributed by atoms with van der Waals surface area (Å²) in [5.41, 5.74) is 1.40. The molecule has 0 unspecified atom stereocenters. The standard InChI is InChI=1S/C24H25F3N4O2/c1-17-21(13-18-7-3-2-4-8-18)22(33)31-16-29(11-6-12-32)15-30(23(31)28-17)20-10-5-9-19(14-20)24(25,26)27/h2-5,7-10,14,32H,6,11-13,15-16H2,1H3. The molecule has 1 N–H and O–H groups in total. The number of benzene rings is 2. The van der Waals surface area contributed by atoms with E-state index in [0.717, 1.165) is 17.7 Å². The number of aliphatic hydroxyl groups excluding tert-OH is 1. The van der Waals surface area contributed by atoms with Crippen LogP contribution < -0.4 is 10.5 Å². The van der Waals surface area contributed by atoms with Crippen LogP contribution in [0.2, 0.25) is 0 Å². The van der Waals surface area contributed by atoms with Crippen LogP contribution >= 0.6 is 0 Å². The molecule has 0 spiro atoms. The molecule has 0 saturated carbocycles. The SMILES string of the molecule is Cc1nc2n(c(=O)c1Cc1ccccc1)CN(CCCO)CN2c1cccc(C(F)(F)F)c1. The Bertz CT molecular complexity index is 1180. The summed E-state index contributed by atoms with van der Waals surface area (Å²) in [6.45, 7) is 2.72. The maximum atomic E-state index is 13.5. The van der Waals surface area contributed by atoms with Crippen molar-refractivity contribution in [2.75, 3.05) is 24.7 Å². The van der Waals surface area contributed by atoms with Crippen molar-refractivity contribution in [3.05, 3.63) is 87.3 Å². The van der Waals surface area contributed by atoms with Gasteiger partial charge in [0.05, 0.1) is 24.6 Å². The third-order valence-electron chi connectivity index (χ3n) is 5.71. The van der Waals surface area contributed by atoms with Gasteiger partial charge in [0.25, 0.3) is 5.56 Å². The highest BCUT2D eigenvalue weighted by molar-refractivity contribution is 5.60. The zero-order chi connectivity index (χ0) is 23.6. The molecule has 0 fully saturated rings. The summed E-state index contributed by atoms with van der Waals surface area (Å²) >= 11 is 0. The first-order valence-electron chi connectivity index (χ1n) is 10.7. The Labute approximate surface area is 189 Å². The van der Waals surface area contributed by atoms with E-state index in [9.17, 15) is 23.1 Å². The second-order valence-electron chi connectivity index (χ2n) is 8.10. The maximum Gasteiger partial charge on any atom is 0.416 e. The highest BCUT2D eigenvalue weighted by Crippen LogP contribution is 2.34. The Morgan fingerprint density at radius 1 is 1.06 bits per heavy atom. The van der Waals surface area contributed by atoms with Gasteiger partial charge in [-0.1, -0.05) is 36.4 Å². The van der Waals surface area contributed by atoms with Gasteiger partial charge < -0.3 is 5.11 Å². The summed E-state index contributed by atoms with van der Waals surface area (Å²) in [4.78, 5) is 21.7. The summed E-state index contributed by atoms with van der Waals surface area (Å²) in [6, 6.07) is 14.6. The summed E-state index contributed by atoms with van der Waals surface area (Å²) in [6.07, 6.45) is -3.58. The van der Waals surface area contributed by atoms with E-state index in [1.54, 1.807) is 17.9 Å². The molecule has 33 heavy (non-hydrogen) atoms. The van der Waals surface area contributed by atoms with E-state index in [1.165, 1.54) is 10.6 Å². The van der Waals surface area contributed by atoms with E-state index < -0.39 is 11.7 Å². The fourth-order valence-corrected chi connectivity index (χ4v) is 4.01. The highest BCUT2D eigenvalue weighted by Gasteiger charge is 2.33. The van der Waals surface area contributed by atoms with Gasteiger partial charge in [-0.25, -0.2) is 4.98 Å². The normalized spacial score (nSPS) is 14.4. The van der Waals surface area contributed by atoms with Crippen molar-refractivity contribution in [3.63, 3.8) is 0 Å². The Morgan fingerprint density at radius 2 is 1.82 bits per heavy atom. The van der Waals surface area contributed by atoms with Crippen molar-refractivity contribution < 1.29 is 18.3 Å². The lowest BCUT2D eigenvalue weighted by molar-refractivity contribution is -0.137. The molecule has 174 valence electrons. The summed E-state index contributed by atoms with van der Waals surface area (Å²) in [7, 11) is 0. The van der Waals surface area contributed by atoms with Crippen LogP contribution in [-0.4, -0.2) is 39.4 Å². The van der Waals surface area contributed by atoms with Gasteiger partial charge in [-0.05, 0) is 37.1 Å². The van der Waals surface area contributed by atoms with Crippen molar-refractivity contribution in [3.8, 4) is 0 Å². The number of alkyl halides is 3. The summed E-state index contributed by atoms with van der Waals surface area (Å²) < 4.78 is 41.5. The third-order valence-corrected chi connectivity index (χ3v) is 5.71. The number of hydrogen-bond donors (Lipinski definition) is 1. The second-order valence-corrected chi connectivity index (χ2v) is 8.10. The molecule has 1 aliphatic heterocycles. The van der Waals surface area contributed by atoms with E-state index in [4.69, 9.17) is 0 Å². The maximum absolute atomic E-state index is 13.5. The van der Waals surface area contributed by atoms with Crippen LogP contribution in [0.25, 0.3) is 0 Å². The largest absolute Gasteiger partial charge is 0.416 e. The zero-order valence-electron chi connectivity index (χ0n) is 18.2. The highest BCUT2D eigenvalue weighted by atomic mass is 19.4. The van der Waals surface area contributed by atoms with Gasteiger partial charge in [0, 0.05) is 30.8 Å². The Morgan fingerprint density at radius 3 is 2.52 bits per heavy atom. The number of nitrogens with zero attached hydrogens (tertiary/aromatic N) is 4. The number of aliphatic hydroxyl groups is 1. The number of anilines is 2. The van der Waals surface area contributed by atoms with E-state index in [2.05, 4.69) is 4.98 Å². The van der Waals surface area contributed by atoms with Crippen LogP contribution in [-0.2, 0) is 19.3 Å². The predicted octanol–water partition coefficient (Wildman–Crippen LogP) is 3.91. The molecule has 1 aromatic heterocycles. The average Bonchev–Trinajstić information content (AvgIpc) is 2.80. The van der Waals surface area contributed by atoms with Gasteiger partial charge in [0.15, 0.2) is 0 Å². The molecule has 3 aromatic rings. The number of halogens is 3. The second kappa shape index (κ2) is 9.36. The minimum atomic E-state index is -4.48. The molecule has 0 aliphatic carbocycles. The van der Waals surface area contributed by atoms with Gasteiger partial charge in [-0.3, -0.25) is 19.2 Å². The number of hydrogen-bond acceptors (Lipinski definition) is 5. The molecule has 6 nitrogen and oxygen atoms in total. The molecule has 9 heteroatoms. The van der Waals surface area contributed by atoms with Gasteiger partial charge in [0.2, 0.25) is 5.95 Å². The summed E-state index contributed by atoms with van der Waals surface area (Å²) in [5, 5.41) is 9.25. The fourth-order valence-electron chi connectivity index (χ4n) is 4.01. The Kier molecular flexibility index (Phi) is 6.53. The van der Waals surface area contributed by atoms with Crippen molar-refractivity contribution >= 4 is 11.6 Å². The fraction of sp³-hybridized carbons (Fsp3) is 0.333. The number of rotatable bonds is 6. The smallest absolute Gasteiger partial charge is 0.396 e. The molecule has 0 bridgehead atoms. The van der Waals surface area contributed by atoms with Crippen LogP contribution in [0.3, 0.4) is 0 Å². The van der Waals surface area contributed by atoms with Crippen LogP contribution in [0.1, 0.15) is 28.8 Å². The van der Waals surface area contributed by atoms with Crippen molar-refractivity contribution in [2.45, 2.75) is 32.6 Å². The number of aromatic nitrogens is 2. The Hall–Kier alpha value is -3.17. The van der Waals surface area contributed by atoms with E-state index in [0.29, 0.717) is 42.3 Å². The van der Waals surface area contributed by atoms with E-state index >= 15 is 0 Å². The first-order valence-corrected chi connectivity index (χ1v) is 10.7. The number of aryl methyl sites for hydroxylation is 1. The zero-order valence-corrected chi connectivity index (χ0v) is 18.2. The molecule has 0 atom stereocenters. The van der Waals surface area contributed by atoms with Crippen molar-refractivity contribution in [1.82, 2.24) is 14.5 Å². The molecule has 0 amide bonds. The minimum absolute atomic E-state index is 0.0206. The molecular formula is C24H25F3N4O2. The van der Waals surface area contributed by atoms with Crippen LogP contribution in [0.15, 0.2) is 59.4 Å². The van der Waals surface area contributed by atoms with Gasteiger partial charge >= 0.3 is 6.18 Å². The van der Waals surface area contributed by atoms with Gasteiger partial charge in [0.1, 0.15) is 0 Å². The topological polar surface area (TPSA) is 61.6 Å². The van der Waals surface area contributed by atoms with Crippen molar-refractivity contribution in [2.24, 2.45) is 0 Å². The summed E-state index contributed by atoms with van der Waals surface area (Å²) in [5.74, 6) is 0.314. The minimum Gasteiger partial charge on any atom is -0.396 e. The molecule has 2 aromatic carbocycles. The molecule has 4 rings (SSSR count). The molecular weight excluding hydrogens is 433 g/mol.